The Bertz CT molecular complexity index is 652. The van der Waals surface area contributed by atoms with Crippen LogP contribution in [0.2, 0.25) is 10.0 Å². The lowest BCUT2D eigenvalue weighted by molar-refractivity contribution is 0.375. The van der Waals surface area contributed by atoms with Crippen molar-refractivity contribution in [2.75, 3.05) is 0 Å². The van der Waals surface area contributed by atoms with Crippen LogP contribution in [0.15, 0.2) is 35.8 Å². The monoisotopic (exact) mass is 308 g/mol. The number of hydrogen-bond donors (Lipinski definition) is 3. The number of nitrogens with two attached hydrogens (primary N) is 1. The van der Waals surface area contributed by atoms with Gasteiger partial charge in [0.25, 0.3) is 0 Å². The van der Waals surface area contributed by atoms with Gasteiger partial charge in [0, 0.05) is 29.1 Å². The zero-order valence-electron chi connectivity index (χ0n) is 10.1. The second-order valence-corrected chi connectivity index (χ2v) is 5.05. The van der Waals surface area contributed by atoms with Crippen molar-refractivity contribution >= 4 is 29.5 Å². The number of halogens is 2. The predicted octanol–water partition coefficient (Wildman–Crippen LogP) is 1.66. The van der Waals surface area contributed by atoms with E-state index in [-0.39, 0.29) is 0 Å². The lowest BCUT2D eigenvalue weighted by atomic mass is 10.0. The molecule has 1 unspecified atom stereocenters. The first-order valence-electron chi connectivity index (χ1n) is 5.70. The van der Waals surface area contributed by atoms with Crippen molar-refractivity contribution in [1.29, 1.82) is 0 Å². The Morgan fingerprint density at radius 1 is 1.10 bits per heavy atom. The van der Waals surface area contributed by atoms with Gasteiger partial charge in [0.15, 0.2) is 0 Å². The highest BCUT2D eigenvalue weighted by Crippen LogP contribution is 2.37. The molecule has 1 aliphatic heterocycles. The Kier molecular flexibility index (Phi) is 3.31. The van der Waals surface area contributed by atoms with Crippen molar-refractivity contribution in [2.24, 2.45) is 10.7 Å². The fourth-order valence-corrected chi connectivity index (χ4v) is 2.66. The van der Waals surface area contributed by atoms with E-state index in [1.54, 1.807) is 24.5 Å². The number of nitrogens with one attached hydrogen (secondary N) is 2. The molecule has 1 aliphatic rings. The van der Waals surface area contributed by atoms with E-state index in [1.165, 1.54) is 12.7 Å². The molecule has 0 saturated heterocycles. The Morgan fingerprint density at radius 2 is 1.75 bits per heavy atom. The molecule has 0 aliphatic carbocycles. The minimum absolute atomic E-state index is 0.455. The SMILES string of the molecule is NC1(c2cc(Cl)c(-c3cncnc3)c(Cl)c2)N=CNN1. The van der Waals surface area contributed by atoms with Gasteiger partial charge in [-0.2, -0.15) is 5.43 Å². The van der Waals surface area contributed by atoms with Crippen molar-refractivity contribution in [1.82, 2.24) is 20.8 Å². The first kappa shape index (κ1) is 13.3. The van der Waals surface area contributed by atoms with Gasteiger partial charge in [-0.15, -0.1) is 0 Å². The molecule has 20 heavy (non-hydrogen) atoms. The highest BCUT2D eigenvalue weighted by atomic mass is 35.5. The van der Waals surface area contributed by atoms with Crippen LogP contribution in [-0.2, 0) is 5.79 Å². The normalized spacial score (nSPS) is 20.9. The molecule has 4 N–H and O–H groups in total. The highest BCUT2D eigenvalue weighted by Gasteiger charge is 2.30. The number of aliphatic imine (C=N–C) groups is 1. The predicted molar refractivity (Wildman–Crippen MR) is 78.1 cm³/mol. The summed E-state index contributed by atoms with van der Waals surface area (Å²) in [5.41, 5.74) is 13.7. The summed E-state index contributed by atoms with van der Waals surface area (Å²) in [7, 11) is 0. The topological polar surface area (TPSA) is 88.2 Å². The number of nitrogens with zero attached hydrogens (tertiary/aromatic N) is 3. The zero-order chi connectivity index (χ0) is 14.2. The van der Waals surface area contributed by atoms with Crippen LogP contribution in [-0.4, -0.2) is 16.3 Å². The molecule has 2 heterocycles. The minimum Gasteiger partial charge on any atom is -0.309 e. The number of benzene rings is 1. The summed E-state index contributed by atoms with van der Waals surface area (Å²) < 4.78 is 0. The molecule has 1 atom stereocenters. The van der Waals surface area contributed by atoms with E-state index < -0.39 is 5.79 Å². The number of hydrogen-bond acceptors (Lipinski definition) is 6. The van der Waals surface area contributed by atoms with Crippen LogP contribution in [0.5, 0.6) is 0 Å². The molecule has 3 rings (SSSR count). The van der Waals surface area contributed by atoms with Gasteiger partial charge in [0.2, 0.25) is 5.79 Å². The summed E-state index contributed by atoms with van der Waals surface area (Å²) in [6.45, 7) is 0. The Labute approximate surface area is 125 Å². The van der Waals surface area contributed by atoms with Gasteiger partial charge in [0.1, 0.15) is 12.7 Å². The quantitative estimate of drug-likeness (QED) is 0.785. The van der Waals surface area contributed by atoms with E-state index in [2.05, 4.69) is 25.8 Å². The average Bonchev–Trinajstić information content (AvgIpc) is 2.87. The molecule has 0 amide bonds. The molecule has 2 aromatic rings. The van der Waals surface area contributed by atoms with Gasteiger partial charge in [-0.05, 0) is 12.1 Å². The summed E-state index contributed by atoms with van der Waals surface area (Å²) in [5.74, 6) is -1.08. The molecule has 6 nitrogen and oxygen atoms in total. The van der Waals surface area contributed by atoms with Gasteiger partial charge < -0.3 is 5.43 Å². The van der Waals surface area contributed by atoms with Gasteiger partial charge >= 0.3 is 0 Å². The minimum atomic E-state index is -1.08. The van der Waals surface area contributed by atoms with Crippen molar-refractivity contribution in [2.45, 2.75) is 5.79 Å². The van der Waals surface area contributed by atoms with Crippen LogP contribution >= 0.6 is 23.2 Å². The molecule has 102 valence electrons. The van der Waals surface area contributed by atoms with Crippen LogP contribution in [0.4, 0.5) is 0 Å². The maximum Gasteiger partial charge on any atom is 0.206 e. The smallest absolute Gasteiger partial charge is 0.206 e. The lowest BCUT2D eigenvalue weighted by Gasteiger charge is -2.22. The van der Waals surface area contributed by atoms with E-state index in [0.717, 1.165) is 5.56 Å². The molecular weight excluding hydrogens is 299 g/mol. The Hall–Kier alpha value is -1.73. The highest BCUT2D eigenvalue weighted by molar-refractivity contribution is 6.39. The van der Waals surface area contributed by atoms with E-state index in [1.807, 2.05) is 0 Å². The number of rotatable bonds is 2. The molecular formula is C12H10Cl2N6. The molecule has 1 aromatic heterocycles. The Morgan fingerprint density at radius 3 is 2.30 bits per heavy atom. The van der Waals surface area contributed by atoms with Crippen LogP contribution in [0.1, 0.15) is 5.56 Å². The summed E-state index contributed by atoms with van der Waals surface area (Å²) in [6, 6.07) is 3.43. The van der Waals surface area contributed by atoms with Gasteiger partial charge in [-0.25, -0.2) is 15.0 Å². The zero-order valence-corrected chi connectivity index (χ0v) is 11.7. The molecule has 0 radical (unpaired) electrons. The summed E-state index contributed by atoms with van der Waals surface area (Å²) in [4.78, 5) is 12.0. The standard InChI is InChI=1S/C12H10Cl2N6/c13-9-1-8(12(15)18-6-19-20-12)2-10(14)11(9)7-3-16-5-17-4-7/h1-6,20H,15H2,(H,18,19). The van der Waals surface area contributed by atoms with E-state index in [9.17, 15) is 0 Å². The van der Waals surface area contributed by atoms with Crippen molar-refractivity contribution < 1.29 is 0 Å². The largest absolute Gasteiger partial charge is 0.309 e. The van der Waals surface area contributed by atoms with Crippen LogP contribution in [0, 0.1) is 0 Å². The van der Waals surface area contributed by atoms with Crippen LogP contribution in [0.25, 0.3) is 11.1 Å². The second kappa shape index (κ2) is 4.99. The lowest BCUT2D eigenvalue weighted by Crippen LogP contribution is -2.49. The number of hydrazine groups is 1. The fraction of sp³-hybridized carbons (Fsp3) is 0.0833. The van der Waals surface area contributed by atoms with Crippen LogP contribution in [0.3, 0.4) is 0 Å². The van der Waals surface area contributed by atoms with Gasteiger partial charge in [0.05, 0.1) is 10.0 Å². The first-order chi connectivity index (χ1) is 9.60. The maximum absolute atomic E-state index is 6.31. The number of aromatic nitrogens is 2. The first-order valence-corrected chi connectivity index (χ1v) is 6.46. The van der Waals surface area contributed by atoms with E-state index in [4.69, 9.17) is 28.9 Å². The van der Waals surface area contributed by atoms with Crippen molar-refractivity contribution in [3.05, 3.63) is 46.5 Å². The van der Waals surface area contributed by atoms with Crippen molar-refractivity contribution in [3.63, 3.8) is 0 Å². The van der Waals surface area contributed by atoms with Gasteiger partial charge in [-0.3, -0.25) is 5.73 Å². The average molecular weight is 309 g/mol. The molecule has 1 aromatic carbocycles. The third-order valence-corrected chi connectivity index (χ3v) is 3.52. The molecule has 0 bridgehead atoms. The van der Waals surface area contributed by atoms with E-state index >= 15 is 0 Å². The third kappa shape index (κ3) is 2.23. The summed E-state index contributed by atoms with van der Waals surface area (Å²) >= 11 is 12.6. The third-order valence-electron chi connectivity index (χ3n) is 2.93. The van der Waals surface area contributed by atoms with Crippen molar-refractivity contribution in [3.8, 4) is 11.1 Å². The second-order valence-electron chi connectivity index (χ2n) is 4.24. The molecule has 0 fully saturated rings. The molecule has 0 saturated carbocycles. The van der Waals surface area contributed by atoms with E-state index in [0.29, 0.717) is 21.2 Å². The summed E-state index contributed by atoms with van der Waals surface area (Å²) in [5, 5.41) is 0.909. The molecule has 8 heteroatoms. The maximum atomic E-state index is 6.31. The van der Waals surface area contributed by atoms with Crippen LogP contribution < -0.4 is 16.6 Å². The fourth-order valence-electron chi connectivity index (χ4n) is 1.95. The summed E-state index contributed by atoms with van der Waals surface area (Å²) in [6.07, 6.45) is 6.20. The molecule has 0 spiro atoms. The Balaban J connectivity index is 2.10. The van der Waals surface area contributed by atoms with Gasteiger partial charge in [-0.1, -0.05) is 23.2 Å².